The van der Waals surface area contributed by atoms with Crippen molar-refractivity contribution in [2.45, 2.75) is 42.9 Å². The van der Waals surface area contributed by atoms with E-state index < -0.39 is 0 Å². The van der Waals surface area contributed by atoms with Crippen molar-refractivity contribution in [2.24, 2.45) is 0 Å². The molecule has 0 aliphatic carbocycles. The molecule has 2 rings (SSSR count). The second kappa shape index (κ2) is 5.93. The molecule has 80 valence electrons. The maximum atomic E-state index is 3.55. The molecule has 0 radical (unpaired) electrons. The topological polar surface area (TPSA) is 24.1 Å². The number of nitrogens with one attached hydrogen (secondary N) is 2. The molecule has 14 heavy (non-hydrogen) atoms. The van der Waals surface area contributed by atoms with Crippen LogP contribution in [0.4, 0.5) is 0 Å². The molecular weight excluding hydrogens is 212 g/mol. The minimum atomic E-state index is 0.619. The van der Waals surface area contributed by atoms with Gasteiger partial charge in [0, 0.05) is 0 Å². The highest BCUT2D eigenvalue weighted by Gasteiger charge is 2.16. The molecule has 4 heteroatoms. The molecule has 2 N–H and O–H groups in total. The van der Waals surface area contributed by atoms with E-state index in [0.717, 1.165) is 0 Å². The molecule has 0 bridgehead atoms. The third kappa shape index (κ3) is 3.41. The second-order valence-electron chi connectivity index (χ2n) is 3.77. The van der Waals surface area contributed by atoms with Gasteiger partial charge in [0.05, 0.1) is 10.7 Å². The summed E-state index contributed by atoms with van der Waals surface area (Å²) in [5, 5.41) is 8.25. The van der Waals surface area contributed by atoms with Crippen molar-refractivity contribution >= 4 is 21.6 Å². The van der Waals surface area contributed by atoms with E-state index in [1.165, 1.54) is 38.6 Å². The Morgan fingerprint density at radius 2 is 2.00 bits per heavy atom. The van der Waals surface area contributed by atoms with E-state index >= 15 is 0 Å². The van der Waals surface area contributed by atoms with Gasteiger partial charge in [-0.05, 0) is 44.8 Å². The van der Waals surface area contributed by atoms with Crippen LogP contribution in [0.1, 0.15) is 32.1 Å². The van der Waals surface area contributed by atoms with Crippen molar-refractivity contribution in [3.63, 3.8) is 0 Å². The van der Waals surface area contributed by atoms with Crippen LogP contribution < -0.4 is 10.6 Å². The maximum Gasteiger partial charge on any atom is 0.0823 e. The summed E-state index contributed by atoms with van der Waals surface area (Å²) in [6.45, 7) is 1.20. The van der Waals surface area contributed by atoms with Crippen LogP contribution in [0, 0.1) is 0 Å². The van der Waals surface area contributed by atoms with Gasteiger partial charge in [-0.1, -0.05) is 27.7 Å². The molecule has 2 aliphatic rings. The summed E-state index contributed by atoms with van der Waals surface area (Å²) in [5.41, 5.74) is 0. The predicted molar refractivity (Wildman–Crippen MR) is 66.1 cm³/mol. The third-order valence-electron chi connectivity index (χ3n) is 2.55. The lowest BCUT2D eigenvalue weighted by molar-refractivity contribution is 0.493. The van der Waals surface area contributed by atoms with Gasteiger partial charge in [-0.15, -0.1) is 0 Å². The molecule has 2 heterocycles. The zero-order chi connectivity index (χ0) is 9.64. The summed E-state index contributed by atoms with van der Waals surface area (Å²) in [4.78, 5) is 0. The van der Waals surface area contributed by atoms with Gasteiger partial charge < -0.3 is 10.6 Å². The fourth-order valence-electron chi connectivity index (χ4n) is 1.70. The van der Waals surface area contributed by atoms with Crippen LogP contribution >= 0.6 is 21.6 Å². The van der Waals surface area contributed by atoms with Crippen LogP contribution in [0.3, 0.4) is 0 Å². The highest BCUT2D eigenvalue weighted by Crippen LogP contribution is 2.34. The molecule has 2 nitrogen and oxygen atoms in total. The van der Waals surface area contributed by atoms with Crippen LogP contribution in [-0.2, 0) is 0 Å². The van der Waals surface area contributed by atoms with E-state index in [1.807, 2.05) is 21.6 Å². The molecule has 1 saturated heterocycles. The quantitative estimate of drug-likeness (QED) is 0.728. The molecule has 1 fully saturated rings. The Kier molecular flexibility index (Phi) is 4.54. The normalized spacial score (nSPS) is 32.6. The average molecular weight is 230 g/mol. The van der Waals surface area contributed by atoms with E-state index in [9.17, 15) is 0 Å². The van der Waals surface area contributed by atoms with Crippen LogP contribution in [0.25, 0.3) is 0 Å². The number of piperidine rings is 1. The van der Waals surface area contributed by atoms with Crippen molar-refractivity contribution in [1.29, 1.82) is 0 Å². The van der Waals surface area contributed by atoms with E-state index in [0.29, 0.717) is 10.7 Å². The second-order valence-corrected chi connectivity index (χ2v) is 6.44. The lowest BCUT2D eigenvalue weighted by Crippen LogP contribution is -2.31. The first kappa shape index (κ1) is 10.7. The fraction of sp³-hybridized carbons (Fsp3) is 0.800. The van der Waals surface area contributed by atoms with Crippen molar-refractivity contribution in [3.8, 4) is 0 Å². The van der Waals surface area contributed by atoms with Gasteiger partial charge >= 0.3 is 0 Å². The van der Waals surface area contributed by atoms with E-state index in [2.05, 4.69) is 22.9 Å². The van der Waals surface area contributed by atoms with Crippen molar-refractivity contribution in [2.75, 3.05) is 6.54 Å². The summed E-state index contributed by atoms with van der Waals surface area (Å²) in [6, 6.07) is 0. The smallest absolute Gasteiger partial charge is 0.0823 e. The van der Waals surface area contributed by atoms with Crippen LogP contribution in [0.2, 0.25) is 0 Å². The van der Waals surface area contributed by atoms with Crippen LogP contribution in [0.5, 0.6) is 0 Å². The van der Waals surface area contributed by atoms with Crippen LogP contribution in [-0.4, -0.2) is 17.3 Å². The van der Waals surface area contributed by atoms with Crippen LogP contribution in [0.15, 0.2) is 12.3 Å². The summed E-state index contributed by atoms with van der Waals surface area (Å²) >= 11 is 0. The Morgan fingerprint density at radius 3 is 2.71 bits per heavy atom. The fourth-order valence-corrected chi connectivity index (χ4v) is 4.54. The minimum absolute atomic E-state index is 0.619. The molecular formula is C10H18N2S2. The Morgan fingerprint density at radius 1 is 1.07 bits per heavy atom. The largest absolute Gasteiger partial charge is 0.379 e. The minimum Gasteiger partial charge on any atom is -0.379 e. The molecule has 0 aromatic heterocycles. The molecule has 0 spiro atoms. The van der Waals surface area contributed by atoms with E-state index in [1.54, 1.807) is 0 Å². The van der Waals surface area contributed by atoms with Gasteiger partial charge in [0.15, 0.2) is 0 Å². The zero-order valence-electron chi connectivity index (χ0n) is 8.37. The molecule has 0 amide bonds. The number of rotatable bonds is 3. The number of hydrogen-bond donors (Lipinski definition) is 2. The van der Waals surface area contributed by atoms with E-state index in [-0.39, 0.29) is 0 Å². The van der Waals surface area contributed by atoms with Gasteiger partial charge in [-0.3, -0.25) is 0 Å². The summed E-state index contributed by atoms with van der Waals surface area (Å²) in [6.07, 6.45) is 10.9. The average Bonchev–Trinajstić information content (AvgIpc) is 2.29. The van der Waals surface area contributed by atoms with Gasteiger partial charge in [0.2, 0.25) is 0 Å². The first-order valence-electron chi connectivity index (χ1n) is 5.42. The lowest BCUT2D eigenvalue weighted by atomic mass is 10.2. The number of allylic oxidation sites excluding steroid dienone is 1. The first-order chi connectivity index (χ1) is 6.95. The van der Waals surface area contributed by atoms with Gasteiger partial charge in [0.1, 0.15) is 0 Å². The number of hydrogen-bond acceptors (Lipinski definition) is 4. The molecule has 2 aliphatic heterocycles. The molecule has 0 aromatic carbocycles. The van der Waals surface area contributed by atoms with Gasteiger partial charge in [0.25, 0.3) is 0 Å². The van der Waals surface area contributed by atoms with Crippen molar-refractivity contribution in [3.05, 3.63) is 12.3 Å². The zero-order valence-corrected chi connectivity index (χ0v) is 10.0. The Bertz CT molecular complexity index is 191. The summed E-state index contributed by atoms with van der Waals surface area (Å²) < 4.78 is 0. The predicted octanol–water partition coefficient (Wildman–Crippen LogP) is 2.69. The molecule has 2 unspecified atom stereocenters. The highest BCUT2D eigenvalue weighted by atomic mass is 33.1. The molecule has 2 atom stereocenters. The highest BCUT2D eigenvalue weighted by molar-refractivity contribution is 8.77. The first-order valence-corrected chi connectivity index (χ1v) is 7.69. The molecule has 0 saturated carbocycles. The Balaban J connectivity index is 1.63. The Hall–Kier alpha value is 0.200. The monoisotopic (exact) mass is 230 g/mol. The summed E-state index contributed by atoms with van der Waals surface area (Å²) in [5.74, 6) is 0. The Labute approximate surface area is 94.1 Å². The molecule has 0 aromatic rings. The SMILES string of the molecule is C1=CNC(SSC2CCCCN2)CC1. The van der Waals surface area contributed by atoms with E-state index in [4.69, 9.17) is 0 Å². The lowest BCUT2D eigenvalue weighted by Gasteiger charge is -2.25. The van der Waals surface area contributed by atoms with Crippen molar-refractivity contribution in [1.82, 2.24) is 10.6 Å². The van der Waals surface area contributed by atoms with Gasteiger partial charge in [-0.2, -0.15) is 0 Å². The summed E-state index contributed by atoms with van der Waals surface area (Å²) in [7, 11) is 4.01. The maximum absolute atomic E-state index is 3.55. The van der Waals surface area contributed by atoms with Gasteiger partial charge in [-0.25, -0.2) is 0 Å². The third-order valence-corrected chi connectivity index (χ3v) is 5.63. The van der Waals surface area contributed by atoms with Crippen molar-refractivity contribution < 1.29 is 0 Å². The standard InChI is InChI=1S/C10H18N2S2/c1-3-7-11-9(5-1)13-14-10-6-2-4-8-12-10/h3,7,9-12H,1-2,4-6,8H2.